The van der Waals surface area contributed by atoms with Gasteiger partial charge in [-0.3, -0.25) is 9.36 Å². The lowest BCUT2D eigenvalue weighted by atomic mass is 10.2. The van der Waals surface area contributed by atoms with E-state index in [0.717, 1.165) is 23.9 Å². The van der Waals surface area contributed by atoms with Gasteiger partial charge in [0.25, 0.3) is 0 Å². The fourth-order valence-electron chi connectivity index (χ4n) is 3.35. The molecule has 1 amide bonds. The summed E-state index contributed by atoms with van der Waals surface area (Å²) in [5.41, 5.74) is 2.23. The molecule has 1 aromatic heterocycles. The van der Waals surface area contributed by atoms with E-state index in [4.69, 9.17) is 4.42 Å². The van der Waals surface area contributed by atoms with Crippen LogP contribution in [0.3, 0.4) is 0 Å². The molecule has 1 fully saturated rings. The molecule has 0 atom stereocenters. The number of rotatable bonds is 7. The van der Waals surface area contributed by atoms with E-state index in [1.165, 1.54) is 12.1 Å². The molecule has 27 heavy (non-hydrogen) atoms. The molecule has 1 heterocycles. The van der Waals surface area contributed by atoms with Crippen LogP contribution in [0.25, 0.3) is 11.1 Å². The van der Waals surface area contributed by atoms with E-state index in [2.05, 4.69) is 0 Å². The predicted molar refractivity (Wildman–Crippen MR) is 99.7 cm³/mol. The zero-order valence-electron chi connectivity index (χ0n) is 14.9. The third-order valence-corrected chi connectivity index (χ3v) is 4.92. The summed E-state index contributed by atoms with van der Waals surface area (Å²) in [6.07, 6.45) is 2.95. The lowest BCUT2D eigenvalue weighted by Crippen LogP contribution is -2.32. The lowest BCUT2D eigenvalue weighted by molar-refractivity contribution is -0.132. The van der Waals surface area contributed by atoms with E-state index in [1.807, 2.05) is 23.1 Å². The monoisotopic (exact) mass is 368 g/mol. The Hall–Kier alpha value is -2.89. The van der Waals surface area contributed by atoms with Crippen LogP contribution in [0, 0.1) is 5.82 Å². The SMILES string of the molecule is O=C(CCCn1c(=O)oc2ccccc21)N(Cc1ccc(F)cc1)C1CC1. The molecule has 1 aliphatic carbocycles. The number of hydrogen-bond donors (Lipinski definition) is 0. The average molecular weight is 368 g/mol. The zero-order chi connectivity index (χ0) is 18.8. The smallest absolute Gasteiger partial charge is 0.408 e. The maximum Gasteiger partial charge on any atom is 0.419 e. The minimum atomic E-state index is -0.394. The van der Waals surface area contributed by atoms with Gasteiger partial charge in [0.15, 0.2) is 5.58 Å². The van der Waals surface area contributed by atoms with Gasteiger partial charge in [-0.15, -0.1) is 0 Å². The second kappa shape index (κ2) is 7.39. The second-order valence-electron chi connectivity index (χ2n) is 6.97. The van der Waals surface area contributed by atoms with Crippen molar-refractivity contribution in [2.45, 2.75) is 44.8 Å². The molecular formula is C21H21FN2O3. The van der Waals surface area contributed by atoms with E-state index >= 15 is 0 Å². The summed E-state index contributed by atoms with van der Waals surface area (Å²) in [5.74, 6) is -0.600. The number of oxazole rings is 1. The first-order valence-corrected chi connectivity index (χ1v) is 9.24. The predicted octanol–water partition coefficient (Wildman–Crippen LogP) is 3.71. The van der Waals surface area contributed by atoms with Crippen molar-refractivity contribution in [3.63, 3.8) is 0 Å². The molecule has 0 bridgehead atoms. The van der Waals surface area contributed by atoms with Crippen LogP contribution in [-0.2, 0) is 17.9 Å². The van der Waals surface area contributed by atoms with Gasteiger partial charge in [0.2, 0.25) is 5.91 Å². The van der Waals surface area contributed by atoms with Gasteiger partial charge in [-0.25, -0.2) is 9.18 Å². The van der Waals surface area contributed by atoms with E-state index in [-0.39, 0.29) is 17.8 Å². The first kappa shape index (κ1) is 17.5. The quantitative estimate of drug-likeness (QED) is 0.639. The molecule has 0 N–H and O–H groups in total. The molecule has 5 nitrogen and oxygen atoms in total. The summed E-state index contributed by atoms with van der Waals surface area (Å²) >= 11 is 0. The Kier molecular flexibility index (Phi) is 4.79. The van der Waals surface area contributed by atoms with Crippen LogP contribution in [0.15, 0.2) is 57.7 Å². The van der Waals surface area contributed by atoms with E-state index < -0.39 is 5.76 Å². The van der Waals surface area contributed by atoms with Crippen LogP contribution >= 0.6 is 0 Å². The number of carbonyl (C=O) groups is 1. The van der Waals surface area contributed by atoms with Gasteiger partial charge in [0.05, 0.1) is 5.52 Å². The summed E-state index contributed by atoms with van der Waals surface area (Å²) in [7, 11) is 0. The van der Waals surface area contributed by atoms with Crippen LogP contribution in [0.5, 0.6) is 0 Å². The maximum absolute atomic E-state index is 13.1. The molecule has 0 aliphatic heterocycles. The number of nitrogens with zero attached hydrogens (tertiary/aromatic N) is 2. The van der Waals surface area contributed by atoms with Crippen molar-refractivity contribution in [1.82, 2.24) is 9.47 Å². The molecule has 0 radical (unpaired) electrons. The Morgan fingerprint density at radius 2 is 1.89 bits per heavy atom. The highest BCUT2D eigenvalue weighted by molar-refractivity contribution is 5.77. The lowest BCUT2D eigenvalue weighted by Gasteiger charge is -2.22. The van der Waals surface area contributed by atoms with Crippen molar-refractivity contribution in [2.24, 2.45) is 0 Å². The minimum Gasteiger partial charge on any atom is -0.408 e. The van der Waals surface area contributed by atoms with Gasteiger partial charge < -0.3 is 9.32 Å². The van der Waals surface area contributed by atoms with Gasteiger partial charge in [-0.1, -0.05) is 24.3 Å². The molecular weight excluding hydrogens is 347 g/mol. The molecule has 2 aromatic carbocycles. The standard InChI is InChI=1S/C21H21FN2O3/c22-16-9-7-15(8-10-16)14-24(17-11-12-17)20(25)6-3-13-23-18-4-1-2-5-19(18)27-21(23)26/h1-2,4-5,7-10,17H,3,6,11-14H2. The van der Waals surface area contributed by atoms with E-state index in [1.54, 1.807) is 22.8 Å². The van der Waals surface area contributed by atoms with Crippen molar-refractivity contribution >= 4 is 17.0 Å². The molecule has 6 heteroatoms. The largest absolute Gasteiger partial charge is 0.419 e. The first-order valence-electron chi connectivity index (χ1n) is 9.24. The Morgan fingerprint density at radius 1 is 1.15 bits per heavy atom. The normalized spacial score (nSPS) is 13.8. The Bertz CT molecular complexity index is 1000. The number of fused-ring (bicyclic) bond motifs is 1. The summed E-state index contributed by atoms with van der Waals surface area (Å²) in [6.45, 7) is 0.939. The summed E-state index contributed by atoms with van der Waals surface area (Å²) in [6, 6.07) is 13.8. The number of halogens is 1. The molecule has 1 saturated carbocycles. The fourth-order valence-corrected chi connectivity index (χ4v) is 3.35. The molecule has 3 aromatic rings. The molecule has 0 spiro atoms. The average Bonchev–Trinajstić information content (AvgIpc) is 3.45. The van der Waals surface area contributed by atoms with Crippen molar-refractivity contribution in [2.75, 3.05) is 0 Å². The highest BCUT2D eigenvalue weighted by Crippen LogP contribution is 2.29. The highest BCUT2D eigenvalue weighted by Gasteiger charge is 2.32. The number of para-hydroxylation sites is 2. The van der Waals surface area contributed by atoms with Crippen molar-refractivity contribution < 1.29 is 13.6 Å². The first-order chi connectivity index (χ1) is 13.1. The third kappa shape index (κ3) is 3.94. The van der Waals surface area contributed by atoms with Crippen LogP contribution in [-0.4, -0.2) is 21.4 Å². The number of benzene rings is 2. The van der Waals surface area contributed by atoms with Gasteiger partial charge in [-0.05, 0) is 49.1 Å². The van der Waals surface area contributed by atoms with Crippen LogP contribution in [0.2, 0.25) is 0 Å². The highest BCUT2D eigenvalue weighted by atomic mass is 19.1. The van der Waals surface area contributed by atoms with Gasteiger partial charge >= 0.3 is 5.76 Å². The number of hydrogen-bond acceptors (Lipinski definition) is 3. The Labute approximate surface area is 156 Å². The van der Waals surface area contributed by atoms with Gasteiger partial charge in [-0.2, -0.15) is 0 Å². The van der Waals surface area contributed by atoms with Crippen LogP contribution in [0.1, 0.15) is 31.2 Å². The van der Waals surface area contributed by atoms with Crippen LogP contribution in [0.4, 0.5) is 4.39 Å². The number of carbonyl (C=O) groups excluding carboxylic acids is 1. The number of aromatic nitrogens is 1. The van der Waals surface area contributed by atoms with E-state index in [9.17, 15) is 14.0 Å². The molecule has 0 unspecified atom stereocenters. The Morgan fingerprint density at radius 3 is 2.63 bits per heavy atom. The topological polar surface area (TPSA) is 55.5 Å². The molecule has 1 aliphatic rings. The Balaban J connectivity index is 1.39. The molecule has 0 saturated heterocycles. The van der Waals surface area contributed by atoms with Crippen molar-refractivity contribution in [3.05, 3.63) is 70.5 Å². The van der Waals surface area contributed by atoms with Gasteiger partial charge in [0.1, 0.15) is 5.82 Å². The zero-order valence-corrected chi connectivity index (χ0v) is 14.9. The molecule has 140 valence electrons. The minimum absolute atomic E-state index is 0.0719. The van der Waals surface area contributed by atoms with Crippen molar-refractivity contribution in [3.8, 4) is 0 Å². The van der Waals surface area contributed by atoms with Crippen LogP contribution < -0.4 is 5.76 Å². The number of amides is 1. The summed E-state index contributed by atoms with van der Waals surface area (Å²) in [4.78, 5) is 26.6. The number of aryl methyl sites for hydroxylation is 1. The van der Waals surface area contributed by atoms with Gasteiger partial charge in [0, 0.05) is 25.6 Å². The van der Waals surface area contributed by atoms with Crippen molar-refractivity contribution in [1.29, 1.82) is 0 Å². The second-order valence-corrected chi connectivity index (χ2v) is 6.97. The summed E-state index contributed by atoms with van der Waals surface area (Å²) < 4.78 is 19.9. The fraction of sp³-hybridized carbons (Fsp3) is 0.333. The summed E-state index contributed by atoms with van der Waals surface area (Å²) in [5, 5.41) is 0. The third-order valence-electron chi connectivity index (χ3n) is 4.92. The maximum atomic E-state index is 13.1. The van der Waals surface area contributed by atoms with E-state index in [0.29, 0.717) is 31.5 Å². The molecule has 4 rings (SSSR count).